The van der Waals surface area contributed by atoms with E-state index < -0.39 is 0 Å². The average molecular weight is 530 g/mol. The smallest absolute Gasteiger partial charge is 0.193 e. The molecule has 2 saturated heterocycles. The summed E-state index contributed by atoms with van der Waals surface area (Å²) >= 11 is 0. The summed E-state index contributed by atoms with van der Waals surface area (Å²) < 4.78 is 5.95. The number of likely N-dealkylation sites (N-methyl/N-ethyl adjacent to an activating group) is 1. The maximum absolute atomic E-state index is 5.95. The highest BCUT2D eigenvalue weighted by atomic mass is 127. The summed E-state index contributed by atoms with van der Waals surface area (Å²) in [5.41, 5.74) is 1.25. The number of nitrogens with zero attached hydrogens (tertiary/aromatic N) is 4. The second kappa shape index (κ2) is 14.2. The summed E-state index contributed by atoms with van der Waals surface area (Å²) in [5, 5.41) is 3.58. The van der Waals surface area contributed by atoms with Crippen LogP contribution in [0.1, 0.15) is 24.8 Å². The van der Waals surface area contributed by atoms with Gasteiger partial charge in [0.1, 0.15) is 0 Å². The maximum atomic E-state index is 5.95. The van der Waals surface area contributed by atoms with Crippen molar-refractivity contribution >= 4 is 29.9 Å². The lowest BCUT2D eigenvalue weighted by molar-refractivity contribution is 0.0906. The van der Waals surface area contributed by atoms with Crippen molar-refractivity contribution < 1.29 is 4.74 Å². The molecule has 1 aromatic rings. The summed E-state index contributed by atoms with van der Waals surface area (Å²) in [5.74, 6) is 1.64. The zero-order chi connectivity index (χ0) is 20.3. The SMILES string of the molecule is CN=C(NCCCN1CCCN(C)CC1)N1CCC(COCc2ccccc2)C1.I. The minimum Gasteiger partial charge on any atom is -0.376 e. The Labute approximate surface area is 200 Å². The van der Waals surface area contributed by atoms with Crippen molar-refractivity contribution in [2.24, 2.45) is 10.9 Å². The summed E-state index contributed by atoms with van der Waals surface area (Å²) in [6.07, 6.45) is 3.63. The first-order chi connectivity index (χ1) is 14.2. The van der Waals surface area contributed by atoms with Gasteiger partial charge in [-0.1, -0.05) is 30.3 Å². The van der Waals surface area contributed by atoms with E-state index in [0.29, 0.717) is 12.5 Å². The van der Waals surface area contributed by atoms with Gasteiger partial charge >= 0.3 is 0 Å². The maximum Gasteiger partial charge on any atom is 0.193 e. The van der Waals surface area contributed by atoms with Gasteiger partial charge in [0.05, 0.1) is 13.2 Å². The fourth-order valence-electron chi connectivity index (χ4n) is 4.24. The largest absolute Gasteiger partial charge is 0.376 e. The van der Waals surface area contributed by atoms with Gasteiger partial charge in [0.25, 0.3) is 0 Å². The molecule has 0 amide bonds. The first kappa shape index (κ1) is 25.4. The Hall–Kier alpha value is -0.900. The fourth-order valence-corrected chi connectivity index (χ4v) is 4.24. The number of hydrogen-bond donors (Lipinski definition) is 1. The van der Waals surface area contributed by atoms with Gasteiger partial charge in [-0.2, -0.15) is 0 Å². The number of ether oxygens (including phenoxy) is 1. The number of halogens is 1. The van der Waals surface area contributed by atoms with Gasteiger partial charge in [-0.15, -0.1) is 24.0 Å². The third kappa shape index (κ3) is 8.69. The molecule has 30 heavy (non-hydrogen) atoms. The van der Waals surface area contributed by atoms with Crippen molar-refractivity contribution in [1.82, 2.24) is 20.0 Å². The number of nitrogens with one attached hydrogen (secondary N) is 1. The summed E-state index contributed by atoms with van der Waals surface area (Å²) in [7, 11) is 4.12. The van der Waals surface area contributed by atoms with E-state index in [2.05, 4.69) is 56.3 Å². The molecule has 1 N–H and O–H groups in total. The Morgan fingerprint density at radius 1 is 1.13 bits per heavy atom. The van der Waals surface area contributed by atoms with E-state index in [0.717, 1.165) is 32.2 Å². The molecule has 0 aromatic heterocycles. The van der Waals surface area contributed by atoms with Crippen LogP contribution in [-0.2, 0) is 11.3 Å². The van der Waals surface area contributed by atoms with Gasteiger partial charge in [-0.05, 0) is 51.5 Å². The van der Waals surface area contributed by atoms with Gasteiger partial charge in [0.15, 0.2) is 5.96 Å². The van der Waals surface area contributed by atoms with Crippen molar-refractivity contribution in [3.8, 4) is 0 Å². The number of aliphatic imine (C=N–C) groups is 1. The van der Waals surface area contributed by atoms with Gasteiger partial charge in [-0.25, -0.2) is 0 Å². The van der Waals surface area contributed by atoms with Crippen LogP contribution < -0.4 is 5.32 Å². The molecule has 0 bridgehead atoms. The molecule has 1 aromatic carbocycles. The standard InChI is InChI=1S/C23H39N5O.HI/c1-24-23(25-11-6-13-27-14-7-12-26(2)16-17-27)28-15-10-22(18-28)20-29-19-21-8-4-3-5-9-21;/h3-5,8-9,22H,6-7,10-20H2,1-2H3,(H,24,25);1H. The molecule has 0 saturated carbocycles. The van der Waals surface area contributed by atoms with Gasteiger partial charge in [-0.3, -0.25) is 4.99 Å². The molecule has 2 fully saturated rings. The van der Waals surface area contributed by atoms with Crippen LogP contribution in [0.3, 0.4) is 0 Å². The predicted octanol–water partition coefficient (Wildman–Crippen LogP) is 2.75. The van der Waals surface area contributed by atoms with Crippen LogP contribution in [-0.4, -0.2) is 93.7 Å². The Morgan fingerprint density at radius 3 is 2.77 bits per heavy atom. The van der Waals surface area contributed by atoms with E-state index in [4.69, 9.17) is 4.74 Å². The van der Waals surface area contributed by atoms with Crippen molar-refractivity contribution in [1.29, 1.82) is 0 Å². The predicted molar refractivity (Wildman–Crippen MR) is 136 cm³/mol. The molecule has 3 rings (SSSR count). The molecule has 0 aliphatic carbocycles. The zero-order valence-electron chi connectivity index (χ0n) is 18.8. The normalized spacial score (nSPS) is 21.3. The Balaban J connectivity index is 0.00000320. The van der Waals surface area contributed by atoms with Crippen molar-refractivity contribution in [2.75, 3.05) is 73.1 Å². The molecule has 7 heteroatoms. The van der Waals surface area contributed by atoms with Crippen LogP contribution in [0.25, 0.3) is 0 Å². The topological polar surface area (TPSA) is 43.3 Å². The molecule has 1 atom stereocenters. The van der Waals surface area contributed by atoms with E-state index in [-0.39, 0.29) is 24.0 Å². The molecular formula is C23H40IN5O. The van der Waals surface area contributed by atoms with Crippen LogP contribution in [0, 0.1) is 5.92 Å². The van der Waals surface area contributed by atoms with E-state index >= 15 is 0 Å². The van der Waals surface area contributed by atoms with Gasteiger partial charge in [0.2, 0.25) is 0 Å². The number of benzene rings is 1. The highest BCUT2D eigenvalue weighted by Gasteiger charge is 2.25. The van der Waals surface area contributed by atoms with Crippen LogP contribution in [0.4, 0.5) is 0 Å². The quantitative estimate of drug-likeness (QED) is 0.243. The number of rotatable bonds is 8. The minimum absolute atomic E-state index is 0. The molecule has 2 aliphatic heterocycles. The monoisotopic (exact) mass is 529 g/mol. The van der Waals surface area contributed by atoms with Gasteiger partial charge < -0.3 is 24.8 Å². The van der Waals surface area contributed by atoms with Crippen LogP contribution >= 0.6 is 24.0 Å². The third-order valence-corrected chi connectivity index (χ3v) is 6.01. The van der Waals surface area contributed by atoms with Crippen LogP contribution in [0.2, 0.25) is 0 Å². The molecule has 2 heterocycles. The average Bonchev–Trinajstić information content (AvgIpc) is 3.10. The Kier molecular flexibility index (Phi) is 12.0. The second-order valence-electron chi connectivity index (χ2n) is 8.43. The fraction of sp³-hybridized carbons (Fsp3) is 0.696. The van der Waals surface area contributed by atoms with Crippen molar-refractivity contribution in [3.63, 3.8) is 0 Å². The van der Waals surface area contributed by atoms with E-state index in [1.54, 1.807) is 0 Å². The lowest BCUT2D eigenvalue weighted by Crippen LogP contribution is -2.41. The summed E-state index contributed by atoms with van der Waals surface area (Å²) in [6, 6.07) is 10.4. The lowest BCUT2D eigenvalue weighted by Gasteiger charge is -2.23. The number of likely N-dealkylation sites (tertiary alicyclic amines) is 1. The first-order valence-corrected chi connectivity index (χ1v) is 11.2. The minimum atomic E-state index is 0. The summed E-state index contributed by atoms with van der Waals surface area (Å²) in [4.78, 5) is 11.9. The van der Waals surface area contributed by atoms with Crippen LogP contribution in [0.5, 0.6) is 0 Å². The Bertz CT molecular complexity index is 615. The molecule has 0 radical (unpaired) electrons. The molecule has 1 unspecified atom stereocenters. The molecule has 2 aliphatic rings. The highest BCUT2D eigenvalue weighted by molar-refractivity contribution is 14.0. The van der Waals surface area contributed by atoms with Crippen molar-refractivity contribution in [2.45, 2.75) is 25.9 Å². The van der Waals surface area contributed by atoms with Gasteiger partial charge in [0, 0.05) is 45.7 Å². The zero-order valence-corrected chi connectivity index (χ0v) is 21.1. The van der Waals surface area contributed by atoms with E-state index in [1.807, 2.05) is 13.1 Å². The molecule has 170 valence electrons. The first-order valence-electron chi connectivity index (χ1n) is 11.2. The Morgan fingerprint density at radius 2 is 1.97 bits per heavy atom. The molecular weight excluding hydrogens is 489 g/mol. The third-order valence-electron chi connectivity index (χ3n) is 6.01. The van der Waals surface area contributed by atoms with E-state index in [9.17, 15) is 0 Å². The van der Waals surface area contributed by atoms with Crippen molar-refractivity contribution in [3.05, 3.63) is 35.9 Å². The highest BCUT2D eigenvalue weighted by Crippen LogP contribution is 2.17. The molecule has 0 spiro atoms. The summed E-state index contributed by atoms with van der Waals surface area (Å²) in [6.45, 7) is 10.6. The number of hydrogen-bond acceptors (Lipinski definition) is 4. The second-order valence-corrected chi connectivity index (χ2v) is 8.43. The number of guanidine groups is 1. The lowest BCUT2D eigenvalue weighted by atomic mass is 10.1. The van der Waals surface area contributed by atoms with E-state index in [1.165, 1.54) is 57.5 Å². The van der Waals surface area contributed by atoms with Crippen LogP contribution in [0.15, 0.2) is 35.3 Å². The molecule has 6 nitrogen and oxygen atoms in total.